The molecular weight excluding hydrogens is 360 g/mol. The Morgan fingerprint density at radius 3 is 2.81 bits per heavy atom. The second-order valence-electron chi connectivity index (χ2n) is 6.53. The van der Waals surface area contributed by atoms with Crippen LogP contribution in [0, 0.1) is 11.3 Å². The van der Waals surface area contributed by atoms with Crippen LogP contribution in [0.3, 0.4) is 0 Å². The lowest BCUT2D eigenvalue weighted by molar-refractivity contribution is -0.914. The SMILES string of the molecule is CCOc1ccccc1N1CC[NH+]([C@@H](C)C(=O)Nc2sccc2C#N)CC1. The third-order valence-electron chi connectivity index (χ3n) is 4.94. The molecule has 1 aromatic heterocycles. The van der Waals surface area contributed by atoms with Crippen molar-refractivity contribution in [1.82, 2.24) is 0 Å². The van der Waals surface area contributed by atoms with Gasteiger partial charge in [0.05, 0.1) is 44.0 Å². The van der Waals surface area contributed by atoms with E-state index in [-0.39, 0.29) is 11.9 Å². The van der Waals surface area contributed by atoms with E-state index in [1.54, 1.807) is 6.07 Å². The summed E-state index contributed by atoms with van der Waals surface area (Å²) in [7, 11) is 0. The minimum Gasteiger partial charge on any atom is -0.492 e. The number of amides is 1. The molecule has 1 saturated heterocycles. The normalized spacial score (nSPS) is 15.8. The summed E-state index contributed by atoms with van der Waals surface area (Å²) in [5.74, 6) is 0.878. The largest absolute Gasteiger partial charge is 0.492 e. The van der Waals surface area contributed by atoms with E-state index < -0.39 is 0 Å². The van der Waals surface area contributed by atoms with Gasteiger partial charge < -0.3 is 19.9 Å². The predicted molar refractivity (Wildman–Crippen MR) is 108 cm³/mol. The van der Waals surface area contributed by atoms with Gasteiger partial charge in [-0.2, -0.15) is 5.26 Å². The van der Waals surface area contributed by atoms with E-state index in [1.165, 1.54) is 16.2 Å². The molecule has 1 fully saturated rings. The number of piperazine rings is 1. The highest BCUT2D eigenvalue weighted by Crippen LogP contribution is 2.28. The molecule has 0 aliphatic carbocycles. The second-order valence-corrected chi connectivity index (χ2v) is 7.45. The van der Waals surface area contributed by atoms with Crippen LogP contribution in [0.5, 0.6) is 5.75 Å². The Bertz CT molecular complexity index is 821. The Morgan fingerprint density at radius 1 is 1.37 bits per heavy atom. The van der Waals surface area contributed by atoms with Crippen molar-refractivity contribution >= 4 is 27.9 Å². The monoisotopic (exact) mass is 385 g/mol. The van der Waals surface area contributed by atoms with Gasteiger partial charge in [0.25, 0.3) is 5.91 Å². The zero-order valence-electron chi connectivity index (χ0n) is 15.7. The van der Waals surface area contributed by atoms with Crippen molar-refractivity contribution in [2.24, 2.45) is 0 Å². The van der Waals surface area contributed by atoms with Crippen LogP contribution in [0.15, 0.2) is 35.7 Å². The lowest BCUT2D eigenvalue weighted by Crippen LogP contribution is -3.19. The molecule has 1 amide bonds. The maximum absolute atomic E-state index is 12.6. The molecule has 27 heavy (non-hydrogen) atoms. The van der Waals surface area contributed by atoms with Crippen molar-refractivity contribution in [3.8, 4) is 11.8 Å². The van der Waals surface area contributed by atoms with Gasteiger partial charge in [0.1, 0.15) is 16.8 Å². The van der Waals surface area contributed by atoms with E-state index in [2.05, 4.69) is 22.4 Å². The van der Waals surface area contributed by atoms with Crippen LogP contribution in [0.1, 0.15) is 19.4 Å². The van der Waals surface area contributed by atoms with Gasteiger partial charge in [0, 0.05) is 0 Å². The number of nitrogens with zero attached hydrogens (tertiary/aromatic N) is 2. The topological polar surface area (TPSA) is 69.8 Å². The van der Waals surface area contributed by atoms with Crippen LogP contribution in [0.25, 0.3) is 0 Å². The van der Waals surface area contributed by atoms with Gasteiger partial charge in [0.2, 0.25) is 0 Å². The van der Waals surface area contributed by atoms with Crippen molar-refractivity contribution in [3.63, 3.8) is 0 Å². The molecule has 0 radical (unpaired) electrons. The Morgan fingerprint density at radius 2 is 2.11 bits per heavy atom. The third kappa shape index (κ3) is 4.41. The first-order chi connectivity index (χ1) is 13.1. The molecule has 6 nitrogen and oxygen atoms in total. The van der Waals surface area contributed by atoms with Crippen molar-refractivity contribution in [2.45, 2.75) is 19.9 Å². The number of rotatable bonds is 6. The number of hydrogen-bond donors (Lipinski definition) is 2. The van der Waals surface area contributed by atoms with Crippen molar-refractivity contribution in [2.75, 3.05) is 43.0 Å². The summed E-state index contributed by atoms with van der Waals surface area (Å²) in [4.78, 5) is 16.2. The third-order valence-corrected chi connectivity index (χ3v) is 5.77. The summed E-state index contributed by atoms with van der Waals surface area (Å²) in [6.45, 7) is 8.10. The van der Waals surface area contributed by atoms with Crippen LogP contribution in [-0.4, -0.2) is 44.7 Å². The fourth-order valence-corrected chi connectivity index (χ4v) is 4.10. The zero-order chi connectivity index (χ0) is 19.2. The van der Waals surface area contributed by atoms with E-state index in [0.717, 1.165) is 37.6 Å². The number of nitriles is 1. The highest BCUT2D eigenvalue weighted by atomic mass is 32.1. The summed E-state index contributed by atoms with van der Waals surface area (Å²) in [5, 5.41) is 14.5. The molecule has 0 unspecified atom stereocenters. The van der Waals surface area contributed by atoms with Crippen molar-refractivity contribution < 1.29 is 14.4 Å². The number of nitrogens with one attached hydrogen (secondary N) is 2. The Balaban J connectivity index is 1.59. The number of carbonyl (C=O) groups excluding carboxylic acids is 1. The summed E-state index contributed by atoms with van der Waals surface area (Å²) >= 11 is 1.38. The highest BCUT2D eigenvalue weighted by molar-refractivity contribution is 7.14. The highest BCUT2D eigenvalue weighted by Gasteiger charge is 2.30. The molecule has 0 spiro atoms. The number of para-hydroxylation sites is 2. The number of thiophene rings is 1. The average Bonchev–Trinajstić information content (AvgIpc) is 3.15. The second kappa shape index (κ2) is 8.89. The Hall–Kier alpha value is -2.56. The molecule has 3 rings (SSSR count). The minimum atomic E-state index is -0.164. The number of benzene rings is 1. The number of carbonyl (C=O) groups is 1. The first-order valence-corrected chi connectivity index (χ1v) is 10.1. The number of ether oxygens (including phenoxy) is 1. The summed E-state index contributed by atoms with van der Waals surface area (Å²) < 4.78 is 5.75. The first kappa shape index (κ1) is 19.2. The molecule has 0 bridgehead atoms. The molecular formula is C20H25N4O2S+. The molecule has 1 aromatic carbocycles. The summed E-state index contributed by atoms with van der Waals surface area (Å²) in [6.07, 6.45) is 0. The first-order valence-electron chi connectivity index (χ1n) is 9.23. The average molecular weight is 386 g/mol. The van der Waals surface area contributed by atoms with E-state index in [9.17, 15) is 4.79 Å². The minimum absolute atomic E-state index is 0.0351. The van der Waals surface area contributed by atoms with Gasteiger partial charge in [-0.1, -0.05) is 12.1 Å². The molecule has 7 heteroatoms. The van der Waals surface area contributed by atoms with Gasteiger partial charge in [-0.25, -0.2) is 0 Å². The van der Waals surface area contributed by atoms with Gasteiger partial charge in [0.15, 0.2) is 6.04 Å². The smallest absolute Gasteiger partial charge is 0.283 e. The molecule has 0 saturated carbocycles. The molecule has 1 aliphatic rings. The number of anilines is 2. The lowest BCUT2D eigenvalue weighted by atomic mass is 10.2. The lowest BCUT2D eigenvalue weighted by Gasteiger charge is -2.36. The van der Waals surface area contributed by atoms with Gasteiger partial charge in [-0.05, 0) is 37.4 Å². The molecule has 1 atom stereocenters. The van der Waals surface area contributed by atoms with Gasteiger partial charge in [-0.3, -0.25) is 4.79 Å². The standard InChI is InChI=1S/C20H24N4O2S/c1-3-26-18-7-5-4-6-17(18)24-11-9-23(10-12-24)15(2)19(25)22-20-16(14-21)8-13-27-20/h4-8,13,15H,3,9-12H2,1-2H3,(H,22,25)/p+1/t15-/m0/s1. The molecule has 2 heterocycles. The van der Waals surface area contributed by atoms with E-state index >= 15 is 0 Å². The zero-order valence-corrected chi connectivity index (χ0v) is 16.5. The van der Waals surface area contributed by atoms with Crippen LogP contribution in [-0.2, 0) is 4.79 Å². The molecule has 1 aliphatic heterocycles. The van der Waals surface area contributed by atoms with Crippen LogP contribution in [0.2, 0.25) is 0 Å². The maximum atomic E-state index is 12.6. The number of hydrogen-bond acceptors (Lipinski definition) is 5. The molecule has 142 valence electrons. The quantitative estimate of drug-likeness (QED) is 0.795. The Kier molecular flexibility index (Phi) is 6.32. The van der Waals surface area contributed by atoms with E-state index in [4.69, 9.17) is 10.00 Å². The van der Waals surface area contributed by atoms with Crippen LogP contribution < -0.4 is 19.9 Å². The van der Waals surface area contributed by atoms with E-state index in [0.29, 0.717) is 17.2 Å². The summed E-state index contributed by atoms with van der Waals surface area (Å²) in [6, 6.07) is 11.8. The van der Waals surface area contributed by atoms with Gasteiger partial charge >= 0.3 is 0 Å². The van der Waals surface area contributed by atoms with Crippen LogP contribution >= 0.6 is 11.3 Å². The van der Waals surface area contributed by atoms with Gasteiger partial charge in [-0.15, -0.1) is 11.3 Å². The van der Waals surface area contributed by atoms with E-state index in [1.807, 2.05) is 37.4 Å². The van der Waals surface area contributed by atoms with Crippen molar-refractivity contribution in [3.05, 3.63) is 41.3 Å². The Labute approximate surface area is 164 Å². The maximum Gasteiger partial charge on any atom is 0.283 e. The summed E-state index contributed by atoms with van der Waals surface area (Å²) in [5.41, 5.74) is 1.64. The van der Waals surface area contributed by atoms with Crippen molar-refractivity contribution in [1.29, 1.82) is 5.26 Å². The van der Waals surface area contributed by atoms with Crippen LogP contribution in [0.4, 0.5) is 10.7 Å². The predicted octanol–water partition coefficient (Wildman–Crippen LogP) is 1.75. The molecule has 2 N–H and O–H groups in total. The molecule has 2 aromatic rings. The fourth-order valence-electron chi connectivity index (χ4n) is 3.36. The number of quaternary nitrogens is 1. The fraction of sp³-hybridized carbons (Fsp3) is 0.400.